The van der Waals surface area contributed by atoms with Crippen LogP contribution in [0.4, 0.5) is 11.8 Å². The van der Waals surface area contributed by atoms with Crippen molar-refractivity contribution in [2.75, 3.05) is 43.9 Å². The summed E-state index contributed by atoms with van der Waals surface area (Å²) >= 11 is 0. The third-order valence-electron chi connectivity index (χ3n) is 3.35. The summed E-state index contributed by atoms with van der Waals surface area (Å²) in [6.07, 6.45) is 2.72. The average molecular weight is 277 g/mol. The largest absolute Gasteiger partial charge is 0.368 e. The van der Waals surface area contributed by atoms with Gasteiger partial charge >= 0.3 is 0 Å². The molecule has 0 bridgehead atoms. The normalized spacial score (nSPS) is 11.2. The number of aromatic nitrogens is 4. The molecule has 0 saturated heterocycles. The Kier molecular flexibility index (Phi) is 5.11. The van der Waals surface area contributed by atoms with Crippen LogP contribution in [0.25, 0.3) is 11.2 Å². The first-order valence-corrected chi connectivity index (χ1v) is 7.13. The van der Waals surface area contributed by atoms with Crippen molar-refractivity contribution in [2.45, 2.75) is 20.3 Å². The van der Waals surface area contributed by atoms with Gasteiger partial charge in [0, 0.05) is 13.6 Å². The summed E-state index contributed by atoms with van der Waals surface area (Å²) in [5, 5.41) is 6.31. The molecular weight excluding hydrogens is 254 g/mol. The summed E-state index contributed by atoms with van der Waals surface area (Å²) < 4.78 is 0. The second kappa shape index (κ2) is 7.04. The molecule has 0 spiro atoms. The van der Waals surface area contributed by atoms with Crippen LogP contribution >= 0.6 is 0 Å². The fourth-order valence-corrected chi connectivity index (χ4v) is 2.12. The van der Waals surface area contributed by atoms with Gasteiger partial charge in [-0.05, 0) is 26.1 Å². The molecular formula is C13H23N7. The lowest BCUT2D eigenvalue weighted by atomic mass is 10.3. The van der Waals surface area contributed by atoms with Crippen molar-refractivity contribution in [3.63, 3.8) is 0 Å². The van der Waals surface area contributed by atoms with Crippen LogP contribution in [0.15, 0.2) is 6.33 Å². The molecule has 20 heavy (non-hydrogen) atoms. The minimum absolute atomic E-state index is 0.579. The molecule has 0 amide bonds. The number of imidazole rings is 1. The van der Waals surface area contributed by atoms with Crippen molar-refractivity contribution in [1.82, 2.24) is 24.8 Å². The number of nitrogens with one attached hydrogen (secondary N) is 3. The predicted molar refractivity (Wildman–Crippen MR) is 82.1 cm³/mol. The van der Waals surface area contributed by atoms with E-state index in [1.165, 1.54) is 0 Å². The highest BCUT2D eigenvalue weighted by Gasteiger charge is 2.08. The Morgan fingerprint density at radius 1 is 1.25 bits per heavy atom. The van der Waals surface area contributed by atoms with Gasteiger partial charge in [-0.3, -0.25) is 0 Å². The number of rotatable bonds is 8. The minimum atomic E-state index is 0.579. The van der Waals surface area contributed by atoms with E-state index in [9.17, 15) is 0 Å². The van der Waals surface area contributed by atoms with E-state index in [-0.39, 0.29) is 0 Å². The zero-order valence-electron chi connectivity index (χ0n) is 12.4. The molecule has 2 aromatic rings. The van der Waals surface area contributed by atoms with Crippen molar-refractivity contribution >= 4 is 22.9 Å². The van der Waals surface area contributed by atoms with Crippen LogP contribution in [-0.4, -0.2) is 58.1 Å². The van der Waals surface area contributed by atoms with Crippen LogP contribution in [0.2, 0.25) is 0 Å². The molecule has 0 aromatic carbocycles. The first kappa shape index (κ1) is 14.5. The van der Waals surface area contributed by atoms with Crippen molar-refractivity contribution in [2.24, 2.45) is 0 Å². The maximum absolute atomic E-state index is 4.43. The number of hydrogen-bond acceptors (Lipinski definition) is 6. The number of hydrogen-bond donors (Lipinski definition) is 3. The summed E-state index contributed by atoms with van der Waals surface area (Å²) in [6.45, 7) is 8.54. The summed E-state index contributed by atoms with van der Waals surface area (Å²) in [6, 6.07) is 0. The third-order valence-corrected chi connectivity index (χ3v) is 3.35. The van der Waals surface area contributed by atoms with Gasteiger partial charge in [-0.25, -0.2) is 4.98 Å². The molecule has 0 unspecified atom stereocenters. The molecule has 7 nitrogen and oxygen atoms in total. The molecule has 2 rings (SSSR count). The van der Waals surface area contributed by atoms with E-state index in [2.05, 4.69) is 49.3 Å². The van der Waals surface area contributed by atoms with Gasteiger partial charge in [0.05, 0.1) is 6.33 Å². The van der Waals surface area contributed by atoms with Gasteiger partial charge in [-0.1, -0.05) is 13.8 Å². The van der Waals surface area contributed by atoms with Gasteiger partial charge in [0.1, 0.15) is 5.52 Å². The van der Waals surface area contributed by atoms with E-state index in [4.69, 9.17) is 0 Å². The fourth-order valence-electron chi connectivity index (χ4n) is 2.12. The molecule has 0 aliphatic rings. The minimum Gasteiger partial charge on any atom is -0.368 e. The van der Waals surface area contributed by atoms with Crippen molar-refractivity contribution in [3.8, 4) is 0 Å². The fraction of sp³-hybridized carbons (Fsp3) is 0.615. The van der Waals surface area contributed by atoms with Gasteiger partial charge in [-0.2, -0.15) is 9.97 Å². The maximum atomic E-state index is 4.43. The second-order valence-electron chi connectivity index (χ2n) is 4.55. The highest BCUT2D eigenvalue weighted by atomic mass is 15.2. The molecule has 3 N–H and O–H groups in total. The number of nitrogens with zero attached hydrogens (tertiary/aromatic N) is 4. The van der Waals surface area contributed by atoms with E-state index in [0.29, 0.717) is 11.6 Å². The van der Waals surface area contributed by atoms with Gasteiger partial charge in [0.15, 0.2) is 11.5 Å². The molecule has 0 fully saturated rings. The van der Waals surface area contributed by atoms with Crippen LogP contribution in [0, 0.1) is 0 Å². The Morgan fingerprint density at radius 2 is 2.05 bits per heavy atom. The van der Waals surface area contributed by atoms with Gasteiger partial charge in [-0.15, -0.1) is 0 Å². The van der Waals surface area contributed by atoms with E-state index in [0.717, 1.165) is 43.9 Å². The average Bonchev–Trinajstić information content (AvgIpc) is 2.95. The van der Waals surface area contributed by atoms with Crippen LogP contribution < -0.4 is 10.6 Å². The highest BCUT2D eigenvalue weighted by molar-refractivity contribution is 5.83. The number of H-pyrrole nitrogens is 1. The Bertz CT molecular complexity index is 532. The highest BCUT2D eigenvalue weighted by Crippen LogP contribution is 2.18. The monoisotopic (exact) mass is 277 g/mol. The Morgan fingerprint density at radius 3 is 2.75 bits per heavy atom. The zero-order valence-corrected chi connectivity index (χ0v) is 12.4. The summed E-state index contributed by atoms with van der Waals surface area (Å²) in [4.78, 5) is 18.4. The molecule has 0 aliphatic heterocycles. The lowest BCUT2D eigenvalue weighted by Gasteiger charge is -2.17. The molecule has 2 aromatic heterocycles. The van der Waals surface area contributed by atoms with E-state index >= 15 is 0 Å². The molecule has 0 aliphatic carbocycles. The van der Waals surface area contributed by atoms with Crippen molar-refractivity contribution in [1.29, 1.82) is 0 Å². The van der Waals surface area contributed by atoms with E-state index in [1.807, 2.05) is 0 Å². The zero-order chi connectivity index (χ0) is 14.4. The molecule has 110 valence electrons. The van der Waals surface area contributed by atoms with Gasteiger partial charge in [0.25, 0.3) is 0 Å². The smallest absolute Gasteiger partial charge is 0.226 e. The lowest BCUT2D eigenvalue weighted by Crippen LogP contribution is -2.25. The van der Waals surface area contributed by atoms with Crippen molar-refractivity contribution in [3.05, 3.63) is 6.33 Å². The maximum Gasteiger partial charge on any atom is 0.226 e. The number of fused-ring (bicyclic) bond motifs is 1. The van der Waals surface area contributed by atoms with E-state index in [1.54, 1.807) is 13.4 Å². The summed E-state index contributed by atoms with van der Waals surface area (Å²) in [5.74, 6) is 1.38. The topological polar surface area (TPSA) is 81.8 Å². The molecule has 7 heteroatoms. The van der Waals surface area contributed by atoms with Crippen LogP contribution in [0.3, 0.4) is 0 Å². The predicted octanol–water partition coefficient (Wildman–Crippen LogP) is 1.54. The second-order valence-corrected chi connectivity index (χ2v) is 4.55. The van der Waals surface area contributed by atoms with E-state index < -0.39 is 0 Å². The standard InChI is InChI=1S/C13H23N7/c1-4-20(5-2)8-6-7-15-11-10-12(17-9-16-10)19-13(14-3)18-11/h9H,4-8H2,1-3H3,(H3,14,15,16,17,18,19). The molecule has 0 atom stereocenters. The molecule has 0 saturated carbocycles. The Labute approximate surface area is 119 Å². The Hall–Kier alpha value is -1.89. The summed E-state index contributed by atoms with van der Waals surface area (Å²) in [7, 11) is 1.80. The van der Waals surface area contributed by atoms with Crippen LogP contribution in [0.1, 0.15) is 20.3 Å². The Balaban J connectivity index is 1.97. The third kappa shape index (κ3) is 3.36. The number of anilines is 2. The van der Waals surface area contributed by atoms with Gasteiger partial charge < -0.3 is 20.5 Å². The SMILES string of the molecule is CCN(CC)CCCNc1nc(NC)nc2nc[nH]c12. The first-order valence-electron chi connectivity index (χ1n) is 7.13. The van der Waals surface area contributed by atoms with Crippen LogP contribution in [-0.2, 0) is 0 Å². The summed E-state index contributed by atoms with van der Waals surface area (Å²) in [5.41, 5.74) is 1.53. The lowest BCUT2D eigenvalue weighted by molar-refractivity contribution is 0.303. The quantitative estimate of drug-likeness (QED) is 0.635. The van der Waals surface area contributed by atoms with Crippen LogP contribution in [0.5, 0.6) is 0 Å². The number of aromatic amines is 1. The van der Waals surface area contributed by atoms with Gasteiger partial charge in [0.2, 0.25) is 5.95 Å². The van der Waals surface area contributed by atoms with Crippen molar-refractivity contribution < 1.29 is 0 Å². The molecule has 0 radical (unpaired) electrons. The first-order chi connectivity index (χ1) is 9.78. The molecule has 2 heterocycles.